The molecule has 0 saturated heterocycles. The monoisotopic (exact) mass is 229 g/mol. The third kappa shape index (κ3) is 2.30. The average molecular weight is 230 g/mol. The molecule has 2 nitrogen and oxygen atoms in total. The maximum absolute atomic E-state index is 13.5. The molecule has 0 spiro atoms. The van der Waals surface area contributed by atoms with Crippen LogP contribution in [0.3, 0.4) is 0 Å². The van der Waals surface area contributed by atoms with Crippen LogP contribution in [0.1, 0.15) is 18.4 Å². The molecule has 4 heteroatoms. The lowest BCUT2D eigenvalue weighted by Gasteiger charge is -2.14. The number of rotatable bonds is 4. The number of aliphatic hydroxyl groups excluding tert-OH is 1. The summed E-state index contributed by atoms with van der Waals surface area (Å²) in [6.45, 7) is 0.516. The van der Waals surface area contributed by atoms with E-state index in [2.05, 4.69) is 5.32 Å². The molecule has 0 radical (unpaired) electrons. The second-order valence-corrected chi connectivity index (χ2v) is 4.41. The molecule has 15 heavy (non-hydrogen) atoms. The lowest BCUT2D eigenvalue weighted by molar-refractivity contribution is 0.229. The summed E-state index contributed by atoms with van der Waals surface area (Å²) in [6.07, 6.45) is 1.90. The van der Waals surface area contributed by atoms with E-state index in [1.165, 1.54) is 6.07 Å². The Morgan fingerprint density at radius 3 is 2.80 bits per heavy atom. The standard InChI is InChI=1S/C11H13ClFNO/c12-9-3-1-2-8(10(9)13)6-14-11(7-15)4-5-11/h1-3,14-15H,4-7H2. The summed E-state index contributed by atoms with van der Waals surface area (Å²) < 4.78 is 13.5. The normalized spacial score (nSPS) is 17.8. The first-order chi connectivity index (χ1) is 7.17. The summed E-state index contributed by atoms with van der Waals surface area (Å²) in [5.41, 5.74) is 0.372. The van der Waals surface area contributed by atoms with Crippen molar-refractivity contribution in [3.05, 3.63) is 34.6 Å². The second-order valence-electron chi connectivity index (χ2n) is 4.00. The molecule has 1 fully saturated rings. The molecule has 0 atom stereocenters. The predicted molar refractivity (Wildman–Crippen MR) is 57.3 cm³/mol. The van der Waals surface area contributed by atoms with E-state index in [1.54, 1.807) is 12.1 Å². The number of halogens is 2. The van der Waals surface area contributed by atoms with Crippen LogP contribution < -0.4 is 5.32 Å². The molecular weight excluding hydrogens is 217 g/mol. The topological polar surface area (TPSA) is 32.3 Å². The molecule has 82 valence electrons. The van der Waals surface area contributed by atoms with Gasteiger partial charge >= 0.3 is 0 Å². The van der Waals surface area contributed by atoms with E-state index < -0.39 is 0 Å². The number of aliphatic hydroxyl groups is 1. The molecular formula is C11H13ClFNO. The Morgan fingerprint density at radius 2 is 2.20 bits per heavy atom. The van der Waals surface area contributed by atoms with Crippen molar-refractivity contribution in [1.29, 1.82) is 0 Å². The van der Waals surface area contributed by atoms with Gasteiger partial charge in [-0.2, -0.15) is 0 Å². The molecule has 1 aromatic carbocycles. The van der Waals surface area contributed by atoms with Crippen molar-refractivity contribution in [2.75, 3.05) is 6.61 Å². The van der Waals surface area contributed by atoms with Gasteiger partial charge in [-0.15, -0.1) is 0 Å². The molecule has 0 bridgehead atoms. The quantitative estimate of drug-likeness (QED) is 0.829. The van der Waals surface area contributed by atoms with Crippen molar-refractivity contribution in [2.45, 2.75) is 24.9 Å². The smallest absolute Gasteiger partial charge is 0.146 e. The summed E-state index contributed by atoms with van der Waals surface area (Å²) in [4.78, 5) is 0. The van der Waals surface area contributed by atoms with Crippen molar-refractivity contribution in [3.63, 3.8) is 0 Å². The lowest BCUT2D eigenvalue weighted by atomic mass is 10.2. The van der Waals surface area contributed by atoms with Crippen molar-refractivity contribution >= 4 is 11.6 Å². The molecule has 1 aliphatic rings. The van der Waals surface area contributed by atoms with Crippen molar-refractivity contribution < 1.29 is 9.50 Å². The van der Waals surface area contributed by atoms with Crippen LogP contribution in [0.4, 0.5) is 4.39 Å². The molecule has 0 amide bonds. The van der Waals surface area contributed by atoms with Gasteiger partial charge in [0.05, 0.1) is 11.6 Å². The highest BCUT2D eigenvalue weighted by Crippen LogP contribution is 2.35. The lowest BCUT2D eigenvalue weighted by Crippen LogP contribution is -2.34. The minimum atomic E-state index is -0.375. The number of nitrogens with one attached hydrogen (secondary N) is 1. The molecule has 0 aromatic heterocycles. The van der Waals surface area contributed by atoms with Gasteiger partial charge in [0.1, 0.15) is 5.82 Å². The van der Waals surface area contributed by atoms with E-state index in [0.29, 0.717) is 12.1 Å². The highest BCUT2D eigenvalue weighted by Gasteiger charge is 2.41. The van der Waals surface area contributed by atoms with Gasteiger partial charge in [0.15, 0.2) is 0 Å². The number of hydrogen-bond acceptors (Lipinski definition) is 2. The Balaban J connectivity index is 2.02. The van der Waals surface area contributed by atoms with E-state index in [1.807, 2.05) is 0 Å². The molecule has 0 heterocycles. The zero-order valence-corrected chi connectivity index (χ0v) is 9.02. The third-order valence-electron chi connectivity index (χ3n) is 2.84. The summed E-state index contributed by atoms with van der Waals surface area (Å²) in [7, 11) is 0. The van der Waals surface area contributed by atoms with E-state index in [-0.39, 0.29) is 23.0 Å². The minimum Gasteiger partial charge on any atom is -0.394 e. The zero-order valence-electron chi connectivity index (χ0n) is 8.26. The Hall–Kier alpha value is -0.640. The molecule has 1 aliphatic carbocycles. The fourth-order valence-corrected chi connectivity index (χ4v) is 1.70. The SMILES string of the molecule is OCC1(NCc2cccc(Cl)c2F)CC1. The molecule has 0 unspecified atom stereocenters. The molecule has 2 rings (SSSR count). The van der Waals surface area contributed by atoms with Gasteiger partial charge in [-0.1, -0.05) is 23.7 Å². The summed E-state index contributed by atoms with van der Waals surface area (Å²) >= 11 is 5.66. The Morgan fingerprint density at radius 1 is 1.47 bits per heavy atom. The summed E-state index contributed by atoms with van der Waals surface area (Å²) in [5.74, 6) is -0.375. The first-order valence-corrected chi connectivity index (χ1v) is 5.33. The maximum atomic E-state index is 13.5. The molecule has 2 N–H and O–H groups in total. The van der Waals surface area contributed by atoms with Gasteiger partial charge in [-0.25, -0.2) is 4.39 Å². The van der Waals surface area contributed by atoms with E-state index in [4.69, 9.17) is 16.7 Å². The number of benzene rings is 1. The van der Waals surface area contributed by atoms with Crippen LogP contribution in [0.2, 0.25) is 5.02 Å². The largest absolute Gasteiger partial charge is 0.394 e. The fraction of sp³-hybridized carbons (Fsp3) is 0.455. The van der Waals surface area contributed by atoms with E-state index in [0.717, 1.165) is 12.8 Å². The number of hydrogen-bond donors (Lipinski definition) is 2. The third-order valence-corrected chi connectivity index (χ3v) is 3.13. The van der Waals surface area contributed by atoms with Gasteiger partial charge in [0.2, 0.25) is 0 Å². The van der Waals surface area contributed by atoms with Crippen LogP contribution in [0.5, 0.6) is 0 Å². The van der Waals surface area contributed by atoms with E-state index >= 15 is 0 Å². The Kier molecular flexibility index (Phi) is 2.96. The van der Waals surface area contributed by atoms with Crippen molar-refractivity contribution in [3.8, 4) is 0 Å². The first-order valence-electron chi connectivity index (χ1n) is 4.96. The summed E-state index contributed by atoms with van der Waals surface area (Å²) in [6, 6.07) is 4.95. The predicted octanol–water partition coefficient (Wildman–Crippen LogP) is 2.09. The Labute approximate surface area is 93.1 Å². The molecule has 0 aliphatic heterocycles. The van der Waals surface area contributed by atoms with Crippen LogP contribution in [-0.2, 0) is 6.54 Å². The van der Waals surface area contributed by atoms with Crippen molar-refractivity contribution in [1.82, 2.24) is 5.32 Å². The average Bonchev–Trinajstić information content (AvgIpc) is 3.01. The van der Waals surface area contributed by atoms with Gasteiger partial charge in [-0.3, -0.25) is 0 Å². The van der Waals surface area contributed by atoms with Gasteiger partial charge in [0.25, 0.3) is 0 Å². The van der Waals surface area contributed by atoms with E-state index in [9.17, 15) is 4.39 Å². The van der Waals surface area contributed by atoms with Gasteiger partial charge < -0.3 is 10.4 Å². The van der Waals surface area contributed by atoms with Crippen LogP contribution >= 0.6 is 11.6 Å². The minimum absolute atomic E-state index is 0.106. The van der Waals surface area contributed by atoms with Crippen LogP contribution in [0, 0.1) is 5.82 Å². The highest BCUT2D eigenvalue weighted by atomic mass is 35.5. The first kappa shape index (κ1) is 10.9. The molecule has 1 saturated carbocycles. The summed E-state index contributed by atoms with van der Waals surface area (Å²) in [5, 5.41) is 12.4. The zero-order chi connectivity index (χ0) is 10.9. The van der Waals surface area contributed by atoms with Crippen LogP contribution in [-0.4, -0.2) is 17.3 Å². The fourth-order valence-electron chi connectivity index (χ4n) is 1.51. The second kappa shape index (κ2) is 4.08. The molecule has 1 aromatic rings. The van der Waals surface area contributed by atoms with Gasteiger partial charge in [0, 0.05) is 17.6 Å². The van der Waals surface area contributed by atoms with Crippen LogP contribution in [0.25, 0.3) is 0 Å². The maximum Gasteiger partial charge on any atom is 0.146 e. The highest BCUT2D eigenvalue weighted by molar-refractivity contribution is 6.30. The van der Waals surface area contributed by atoms with Gasteiger partial charge in [-0.05, 0) is 18.9 Å². The van der Waals surface area contributed by atoms with Crippen molar-refractivity contribution in [2.24, 2.45) is 0 Å². The van der Waals surface area contributed by atoms with Crippen LogP contribution in [0.15, 0.2) is 18.2 Å². The Bertz CT molecular complexity index is 366.